The summed E-state index contributed by atoms with van der Waals surface area (Å²) in [6.07, 6.45) is 1.76. The molecule has 0 amide bonds. The van der Waals surface area contributed by atoms with Crippen LogP contribution in [0.15, 0.2) is 47.4 Å². The zero-order chi connectivity index (χ0) is 23.8. The van der Waals surface area contributed by atoms with Gasteiger partial charge in [-0.05, 0) is 56.7 Å². The maximum absolute atomic E-state index is 13.4. The Labute approximate surface area is 189 Å². The average Bonchev–Trinajstić information content (AvgIpc) is 3.11. The van der Waals surface area contributed by atoms with Crippen LogP contribution in [0.3, 0.4) is 0 Å². The number of aryl methyl sites for hydroxylation is 1. The highest BCUT2D eigenvalue weighted by Gasteiger charge is 2.23. The van der Waals surface area contributed by atoms with Gasteiger partial charge in [0.05, 0.1) is 18.7 Å². The number of aromatic nitrogens is 5. The van der Waals surface area contributed by atoms with E-state index in [1.54, 1.807) is 43.9 Å². The average molecular weight is 452 g/mol. The molecule has 0 atom stereocenters. The van der Waals surface area contributed by atoms with Gasteiger partial charge in [0, 0.05) is 24.6 Å². The SMILES string of the molecule is Cc1ccc(Cn2nc3nc(NC(C)(C)CO)n(C)c(=O)c3c2Nc2ccc(F)cc2)cn1. The minimum absolute atomic E-state index is 0.146. The second-order valence-electron chi connectivity index (χ2n) is 8.61. The molecule has 0 aliphatic carbocycles. The molecule has 0 fully saturated rings. The second-order valence-corrected chi connectivity index (χ2v) is 8.61. The molecule has 3 N–H and O–H groups in total. The van der Waals surface area contributed by atoms with Crippen molar-refractivity contribution in [3.8, 4) is 0 Å². The van der Waals surface area contributed by atoms with E-state index in [4.69, 9.17) is 0 Å². The van der Waals surface area contributed by atoms with Crippen LogP contribution in [0.2, 0.25) is 0 Å². The van der Waals surface area contributed by atoms with Crippen LogP contribution >= 0.6 is 0 Å². The number of nitrogens with zero attached hydrogens (tertiary/aromatic N) is 5. The first-order valence-corrected chi connectivity index (χ1v) is 10.5. The summed E-state index contributed by atoms with van der Waals surface area (Å²) >= 11 is 0. The molecule has 33 heavy (non-hydrogen) atoms. The fourth-order valence-electron chi connectivity index (χ4n) is 3.29. The summed E-state index contributed by atoms with van der Waals surface area (Å²) in [5.41, 5.74) is 1.65. The van der Waals surface area contributed by atoms with Crippen LogP contribution < -0.4 is 16.2 Å². The van der Waals surface area contributed by atoms with Gasteiger partial charge in [0.2, 0.25) is 5.95 Å². The molecular formula is C23H26FN7O2. The highest BCUT2D eigenvalue weighted by atomic mass is 19.1. The van der Waals surface area contributed by atoms with E-state index in [1.165, 1.54) is 16.7 Å². The molecule has 0 unspecified atom stereocenters. The number of aliphatic hydroxyl groups is 1. The van der Waals surface area contributed by atoms with Gasteiger partial charge in [-0.15, -0.1) is 5.10 Å². The van der Waals surface area contributed by atoms with Crippen LogP contribution in [-0.2, 0) is 13.6 Å². The maximum atomic E-state index is 13.4. The minimum atomic E-state index is -0.684. The van der Waals surface area contributed by atoms with E-state index in [0.29, 0.717) is 29.4 Å². The monoisotopic (exact) mass is 451 g/mol. The normalized spacial score (nSPS) is 11.7. The van der Waals surface area contributed by atoms with Gasteiger partial charge in [-0.2, -0.15) is 4.98 Å². The first-order chi connectivity index (χ1) is 15.7. The van der Waals surface area contributed by atoms with E-state index in [0.717, 1.165) is 11.3 Å². The van der Waals surface area contributed by atoms with Gasteiger partial charge in [0.25, 0.3) is 5.56 Å². The standard InChI is InChI=1S/C23H26FN7O2/c1-14-5-6-15(11-25-14)12-31-20(26-17-9-7-16(24)8-10-17)18-19(29-31)27-22(30(4)21(18)33)28-23(2,3)13-32/h5-11,26,32H,12-13H2,1-4H3,(H,27,28,29). The van der Waals surface area contributed by atoms with Gasteiger partial charge in [0.1, 0.15) is 17.0 Å². The Bertz CT molecular complexity index is 1340. The predicted octanol–water partition coefficient (Wildman–Crippen LogP) is 2.95. The highest BCUT2D eigenvalue weighted by molar-refractivity contribution is 5.89. The zero-order valence-corrected chi connectivity index (χ0v) is 18.9. The Hall–Kier alpha value is -3.79. The van der Waals surface area contributed by atoms with Crippen molar-refractivity contribution in [1.29, 1.82) is 0 Å². The minimum Gasteiger partial charge on any atom is -0.394 e. The van der Waals surface area contributed by atoms with Gasteiger partial charge in [0.15, 0.2) is 5.65 Å². The van der Waals surface area contributed by atoms with Gasteiger partial charge in [-0.1, -0.05) is 6.07 Å². The smallest absolute Gasteiger partial charge is 0.268 e. The van der Waals surface area contributed by atoms with E-state index in [-0.39, 0.29) is 23.6 Å². The number of fused-ring (bicyclic) bond motifs is 1. The van der Waals surface area contributed by atoms with Crippen molar-refractivity contribution in [2.75, 3.05) is 17.2 Å². The lowest BCUT2D eigenvalue weighted by Crippen LogP contribution is -2.38. The first kappa shape index (κ1) is 22.4. The third kappa shape index (κ3) is 4.70. The van der Waals surface area contributed by atoms with Crippen molar-refractivity contribution in [3.05, 3.63) is 70.0 Å². The van der Waals surface area contributed by atoms with Crippen molar-refractivity contribution in [2.45, 2.75) is 32.9 Å². The molecule has 1 aromatic carbocycles. The van der Waals surface area contributed by atoms with Gasteiger partial charge >= 0.3 is 0 Å². The lowest BCUT2D eigenvalue weighted by Gasteiger charge is -2.25. The number of hydrogen-bond donors (Lipinski definition) is 3. The number of benzene rings is 1. The third-order valence-corrected chi connectivity index (χ3v) is 5.24. The van der Waals surface area contributed by atoms with Crippen molar-refractivity contribution >= 4 is 28.5 Å². The molecule has 3 heterocycles. The summed E-state index contributed by atoms with van der Waals surface area (Å²) in [6, 6.07) is 9.70. The van der Waals surface area contributed by atoms with Crippen LogP contribution in [0.1, 0.15) is 25.1 Å². The van der Waals surface area contributed by atoms with Crippen molar-refractivity contribution < 1.29 is 9.50 Å². The lowest BCUT2D eigenvalue weighted by molar-refractivity contribution is 0.233. The van der Waals surface area contributed by atoms with Crippen molar-refractivity contribution in [3.63, 3.8) is 0 Å². The maximum Gasteiger partial charge on any atom is 0.268 e. The van der Waals surface area contributed by atoms with Crippen LogP contribution in [-0.4, -0.2) is 41.6 Å². The number of hydrogen-bond acceptors (Lipinski definition) is 7. The zero-order valence-electron chi connectivity index (χ0n) is 18.9. The molecule has 4 aromatic rings. The number of pyridine rings is 1. The Balaban J connectivity index is 1.86. The van der Waals surface area contributed by atoms with E-state index < -0.39 is 5.54 Å². The number of rotatable bonds is 7. The molecule has 4 rings (SSSR count). The molecule has 172 valence electrons. The molecule has 9 nitrogen and oxygen atoms in total. The van der Waals surface area contributed by atoms with E-state index in [2.05, 4.69) is 25.7 Å². The van der Waals surface area contributed by atoms with Crippen LogP contribution in [0.4, 0.5) is 21.8 Å². The summed E-state index contributed by atoms with van der Waals surface area (Å²) in [7, 11) is 1.60. The largest absolute Gasteiger partial charge is 0.394 e. The quantitative estimate of drug-likeness (QED) is 0.396. The molecular weight excluding hydrogens is 425 g/mol. The number of halogens is 1. The molecule has 10 heteroatoms. The third-order valence-electron chi connectivity index (χ3n) is 5.24. The Morgan fingerprint density at radius 1 is 1.15 bits per heavy atom. The molecule has 3 aromatic heterocycles. The van der Waals surface area contributed by atoms with Gasteiger partial charge < -0.3 is 15.7 Å². The molecule has 0 saturated carbocycles. The molecule has 0 aliphatic rings. The van der Waals surface area contributed by atoms with Crippen molar-refractivity contribution in [2.24, 2.45) is 7.05 Å². The van der Waals surface area contributed by atoms with E-state index in [1.807, 2.05) is 19.1 Å². The van der Waals surface area contributed by atoms with Crippen LogP contribution in [0.25, 0.3) is 11.0 Å². The number of aliphatic hydroxyl groups excluding tert-OH is 1. The Morgan fingerprint density at radius 3 is 2.52 bits per heavy atom. The predicted molar refractivity (Wildman–Crippen MR) is 125 cm³/mol. The highest BCUT2D eigenvalue weighted by Crippen LogP contribution is 2.26. The van der Waals surface area contributed by atoms with E-state index >= 15 is 0 Å². The van der Waals surface area contributed by atoms with Crippen LogP contribution in [0, 0.1) is 12.7 Å². The number of anilines is 3. The summed E-state index contributed by atoms with van der Waals surface area (Å²) in [6.45, 7) is 5.71. The van der Waals surface area contributed by atoms with Crippen LogP contribution in [0.5, 0.6) is 0 Å². The van der Waals surface area contributed by atoms with Crippen molar-refractivity contribution in [1.82, 2.24) is 24.3 Å². The first-order valence-electron chi connectivity index (χ1n) is 10.5. The summed E-state index contributed by atoms with van der Waals surface area (Å²) < 4.78 is 16.4. The van der Waals surface area contributed by atoms with E-state index in [9.17, 15) is 14.3 Å². The summed E-state index contributed by atoms with van der Waals surface area (Å²) in [5, 5.41) is 20.8. The van der Waals surface area contributed by atoms with Gasteiger partial charge in [-0.3, -0.25) is 14.3 Å². The lowest BCUT2D eigenvalue weighted by atomic mass is 10.1. The fourth-order valence-corrected chi connectivity index (χ4v) is 3.29. The summed E-state index contributed by atoms with van der Waals surface area (Å²) in [4.78, 5) is 22.2. The second kappa shape index (κ2) is 8.62. The molecule has 0 saturated heterocycles. The fraction of sp³-hybridized carbons (Fsp3) is 0.304. The molecule has 0 aliphatic heterocycles. The Kier molecular flexibility index (Phi) is 5.86. The van der Waals surface area contributed by atoms with Gasteiger partial charge in [-0.25, -0.2) is 9.07 Å². The molecule has 0 bridgehead atoms. The summed E-state index contributed by atoms with van der Waals surface area (Å²) in [5.74, 6) is 0.379. The Morgan fingerprint density at radius 2 is 1.88 bits per heavy atom. The molecule has 0 radical (unpaired) electrons. The molecule has 0 spiro atoms. The topological polar surface area (TPSA) is 110 Å². The number of nitrogens with one attached hydrogen (secondary N) is 2.